The van der Waals surface area contributed by atoms with Gasteiger partial charge in [0.25, 0.3) is 5.91 Å². The Kier molecular flexibility index (Phi) is 5.31. The number of nitrogens with zero attached hydrogens (tertiary/aromatic N) is 1. The number of nitrogens with one attached hydrogen (secondary N) is 1. The molecule has 0 aliphatic carbocycles. The summed E-state index contributed by atoms with van der Waals surface area (Å²) in [4.78, 5) is 14.1. The van der Waals surface area contributed by atoms with E-state index in [1.165, 1.54) is 12.1 Å². The molecule has 1 aromatic rings. The van der Waals surface area contributed by atoms with Gasteiger partial charge >= 0.3 is 0 Å². The Morgan fingerprint density at radius 2 is 2.15 bits per heavy atom. The van der Waals surface area contributed by atoms with Gasteiger partial charge in [0.15, 0.2) is 0 Å². The minimum absolute atomic E-state index is 0.0499. The van der Waals surface area contributed by atoms with Gasteiger partial charge < -0.3 is 15.8 Å². The van der Waals surface area contributed by atoms with E-state index in [1.54, 1.807) is 0 Å². The predicted octanol–water partition coefficient (Wildman–Crippen LogP) is 0.860. The monoisotopic (exact) mass is 281 g/mol. The minimum Gasteiger partial charge on any atom is -0.396 e. The second kappa shape index (κ2) is 7.21. The maximum atomic E-state index is 13.2. The molecule has 0 atom stereocenters. The van der Waals surface area contributed by atoms with E-state index in [0.29, 0.717) is 12.1 Å². The van der Waals surface area contributed by atoms with Gasteiger partial charge in [0.1, 0.15) is 5.82 Å². The fraction of sp³-hybridized carbons (Fsp3) is 0.500. The number of nitrogens with two attached hydrogens (primary N) is 1. The van der Waals surface area contributed by atoms with E-state index in [4.69, 9.17) is 10.5 Å². The van der Waals surface area contributed by atoms with Gasteiger partial charge in [-0.2, -0.15) is 0 Å². The molecule has 1 saturated heterocycles. The molecular formula is C14H20FN3O2. The van der Waals surface area contributed by atoms with Crippen LogP contribution in [-0.2, 0) is 4.74 Å². The second-order valence-corrected chi connectivity index (χ2v) is 4.80. The molecule has 1 amide bonds. The van der Waals surface area contributed by atoms with Crippen molar-refractivity contribution in [1.82, 2.24) is 10.2 Å². The van der Waals surface area contributed by atoms with E-state index in [-0.39, 0.29) is 11.6 Å². The van der Waals surface area contributed by atoms with Crippen LogP contribution in [0.2, 0.25) is 0 Å². The smallest absolute Gasteiger partial charge is 0.251 e. The SMILES string of the molecule is Nc1ccc(C(=O)NCCCN2CCOCC2)cc1F. The van der Waals surface area contributed by atoms with E-state index in [9.17, 15) is 9.18 Å². The normalized spacial score (nSPS) is 16.1. The van der Waals surface area contributed by atoms with Gasteiger partial charge in [0.2, 0.25) is 0 Å². The molecule has 110 valence electrons. The molecule has 1 aliphatic rings. The lowest BCUT2D eigenvalue weighted by molar-refractivity contribution is 0.0374. The number of nitrogen functional groups attached to an aromatic ring is 1. The fourth-order valence-corrected chi connectivity index (χ4v) is 2.10. The third-order valence-electron chi connectivity index (χ3n) is 3.30. The highest BCUT2D eigenvalue weighted by atomic mass is 19.1. The van der Waals surface area contributed by atoms with Gasteiger partial charge in [-0.25, -0.2) is 4.39 Å². The van der Waals surface area contributed by atoms with Crippen molar-refractivity contribution >= 4 is 11.6 Å². The Bertz CT molecular complexity index is 462. The summed E-state index contributed by atoms with van der Waals surface area (Å²) in [6.07, 6.45) is 0.864. The van der Waals surface area contributed by atoms with Crippen molar-refractivity contribution < 1.29 is 13.9 Å². The number of carbonyl (C=O) groups excluding carboxylic acids is 1. The first-order chi connectivity index (χ1) is 9.66. The molecule has 1 aromatic carbocycles. The van der Waals surface area contributed by atoms with Crippen molar-refractivity contribution in [2.24, 2.45) is 0 Å². The molecule has 2 rings (SSSR count). The molecular weight excluding hydrogens is 261 g/mol. The van der Waals surface area contributed by atoms with Crippen LogP contribution < -0.4 is 11.1 Å². The Morgan fingerprint density at radius 1 is 1.40 bits per heavy atom. The molecule has 0 bridgehead atoms. The average Bonchev–Trinajstić information content (AvgIpc) is 2.47. The van der Waals surface area contributed by atoms with Crippen molar-refractivity contribution in [3.63, 3.8) is 0 Å². The molecule has 0 aromatic heterocycles. The predicted molar refractivity (Wildman–Crippen MR) is 75.0 cm³/mol. The van der Waals surface area contributed by atoms with Gasteiger partial charge in [-0.15, -0.1) is 0 Å². The molecule has 1 fully saturated rings. The van der Waals surface area contributed by atoms with Crippen LogP contribution in [0.3, 0.4) is 0 Å². The van der Waals surface area contributed by atoms with Crippen LogP contribution in [0, 0.1) is 5.82 Å². The van der Waals surface area contributed by atoms with E-state index in [1.807, 2.05) is 0 Å². The lowest BCUT2D eigenvalue weighted by atomic mass is 10.2. The van der Waals surface area contributed by atoms with E-state index < -0.39 is 5.82 Å². The maximum absolute atomic E-state index is 13.2. The number of benzene rings is 1. The maximum Gasteiger partial charge on any atom is 0.251 e. The number of amides is 1. The summed E-state index contributed by atoms with van der Waals surface area (Å²) in [5.74, 6) is -0.836. The Balaban J connectivity index is 1.70. The van der Waals surface area contributed by atoms with Crippen molar-refractivity contribution in [1.29, 1.82) is 0 Å². The zero-order valence-electron chi connectivity index (χ0n) is 11.4. The largest absolute Gasteiger partial charge is 0.396 e. The summed E-state index contributed by atoms with van der Waals surface area (Å²) < 4.78 is 18.5. The molecule has 1 heterocycles. The third-order valence-corrected chi connectivity index (χ3v) is 3.30. The number of carbonyl (C=O) groups is 1. The van der Waals surface area contributed by atoms with Gasteiger partial charge in [-0.1, -0.05) is 0 Å². The van der Waals surface area contributed by atoms with Gasteiger partial charge in [0, 0.05) is 25.2 Å². The molecule has 0 unspecified atom stereocenters. The van der Waals surface area contributed by atoms with E-state index in [2.05, 4.69) is 10.2 Å². The number of morpholine rings is 1. The standard InChI is InChI=1S/C14H20FN3O2/c15-12-10-11(2-3-13(12)16)14(19)17-4-1-5-18-6-8-20-9-7-18/h2-3,10H,1,4-9,16H2,(H,17,19). The summed E-state index contributed by atoms with van der Waals surface area (Å²) in [6, 6.07) is 4.08. The number of halogens is 1. The quantitative estimate of drug-likeness (QED) is 0.620. The van der Waals surface area contributed by atoms with Crippen LogP contribution in [0.1, 0.15) is 16.8 Å². The first kappa shape index (κ1) is 14.7. The number of hydrogen-bond acceptors (Lipinski definition) is 4. The summed E-state index contributed by atoms with van der Waals surface area (Å²) in [5.41, 5.74) is 5.72. The lowest BCUT2D eigenvalue weighted by Crippen LogP contribution is -2.38. The zero-order valence-corrected chi connectivity index (χ0v) is 11.4. The van der Waals surface area contributed by atoms with E-state index >= 15 is 0 Å². The molecule has 1 aliphatic heterocycles. The topological polar surface area (TPSA) is 67.6 Å². The summed E-state index contributed by atoms with van der Waals surface area (Å²) in [6.45, 7) is 4.93. The van der Waals surface area contributed by atoms with E-state index in [0.717, 1.165) is 45.3 Å². The first-order valence-corrected chi connectivity index (χ1v) is 6.80. The molecule has 0 spiro atoms. The van der Waals surface area contributed by atoms with Crippen molar-refractivity contribution in [3.05, 3.63) is 29.6 Å². The zero-order chi connectivity index (χ0) is 14.4. The van der Waals surface area contributed by atoms with Crippen LogP contribution in [0.25, 0.3) is 0 Å². The van der Waals surface area contributed by atoms with Crippen LogP contribution in [0.5, 0.6) is 0 Å². The fourth-order valence-electron chi connectivity index (χ4n) is 2.10. The molecule has 0 saturated carbocycles. The van der Waals surface area contributed by atoms with Crippen LogP contribution in [-0.4, -0.2) is 50.2 Å². The summed E-state index contributed by atoms with van der Waals surface area (Å²) >= 11 is 0. The number of hydrogen-bond donors (Lipinski definition) is 2. The number of anilines is 1. The highest BCUT2D eigenvalue weighted by Gasteiger charge is 2.10. The number of rotatable bonds is 5. The highest BCUT2D eigenvalue weighted by molar-refractivity contribution is 5.94. The Morgan fingerprint density at radius 3 is 2.85 bits per heavy atom. The first-order valence-electron chi connectivity index (χ1n) is 6.80. The minimum atomic E-state index is -0.564. The highest BCUT2D eigenvalue weighted by Crippen LogP contribution is 2.11. The molecule has 6 heteroatoms. The summed E-state index contributed by atoms with van der Waals surface area (Å²) in [7, 11) is 0. The molecule has 20 heavy (non-hydrogen) atoms. The van der Waals surface area contributed by atoms with Crippen molar-refractivity contribution in [2.45, 2.75) is 6.42 Å². The van der Waals surface area contributed by atoms with Crippen LogP contribution in [0.4, 0.5) is 10.1 Å². The van der Waals surface area contributed by atoms with Gasteiger partial charge in [-0.3, -0.25) is 9.69 Å². The Labute approximate surface area is 117 Å². The van der Waals surface area contributed by atoms with Crippen molar-refractivity contribution in [2.75, 3.05) is 45.1 Å². The lowest BCUT2D eigenvalue weighted by Gasteiger charge is -2.26. The van der Waals surface area contributed by atoms with Crippen molar-refractivity contribution in [3.8, 4) is 0 Å². The number of ether oxygens (including phenoxy) is 1. The second-order valence-electron chi connectivity index (χ2n) is 4.80. The van der Waals surface area contributed by atoms with Crippen LogP contribution >= 0.6 is 0 Å². The molecule has 0 radical (unpaired) electrons. The molecule has 3 N–H and O–H groups in total. The van der Waals surface area contributed by atoms with Gasteiger partial charge in [-0.05, 0) is 31.2 Å². The Hall–Kier alpha value is -1.66. The third kappa shape index (κ3) is 4.18. The van der Waals surface area contributed by atoms with Crippen LogP contribution in [0.15, 0.2) is 18.2 Å². The summed E-state index contributed by atoms with van der Waals surface area (Å²) in [5, 5.41) is 2.78. The molecule has 5 nitrogen and oxygen atoms in total. The average molecular weight is 281 g/mol. The van der Waals surface area contributed by atoms with Gasteiger partial charge in [0.05, 0.1) is 18.9 Å².